The second-order valence-corrected chi connectivity index (χ2v) is 12.7. The number of hydrogen-bond donors (Lipinski definition) is 0. The molecule has 0 unspecified atom stereocenters. The van der Waals surface area contributed by atoms with Crippen molar-refractivity contribution in [1.29, 1.82) is 0 Å². The number of hydrogen-bond acceptors (Lipinski definition) is 9. The molecule has 0 bridgehead atoms. The largest absolute Gasteiger partial charge is 0.350 e. The second-order valence-electron chi connectivity index (χ2n) is 12.7. The van der Waals surface area contributed by atoms with E-state index in [4.69, 9.17) is 19.4 Å². The Bertz CT molecular complexity index is 1410. The Morgan fingerprint density at radius 2 is 1.53 bits per heavy atom. The van der Waals surface area contributed by atoms with Gasteiger partial charge in [-0.15, -0.1) is 0 Å². The topological polar surface area (TPSA) is 85.7 Å². The normalized spacial score (nSPS) is 21.1. The zero-order chi connectivity index (χ0) is 30.8. The molecule has 0 spiro atoms. The summed E-state index contributed by atoms with van der Waals surface area (Å²) in [7, 11) is 16.3. The molecule has 43 heavy (non-hydrogen) atoms. The van der Waals surface area contributed by atoms with Gasteiger partial charge in [-0.2, -0.15) is 0 Å². The number of amides is 2. The SMILES string of the molecule is CN(C)CCCN(C)C[C@H]1CO[C@H]2c3nc4c5ccccc5n(C)c4nc3N(C)C(=O)N2[C@@H](CN(C)CCCN(C)C)O1. The summed E-state index contributed by atoms with van der Waals surface area (Å²) in [5.41, 5.74) is 3.25. The predicted molar refractivity (Wildman–Crippen MR) is 170 cm³/mol. The summed E-state index contributed by atoms with van der Waals surface area (Å²) < 4.78 is 15.4. The maximum Gasteiger partial charge on any atom is 0.329 e. The second kappa shape index (κ2) is 13.4. The van der Waals surface area contributed by atoms with E-state index in [0.717, 1.165) is 61.1 Å². The minimum Gasteiger partial charge on any atom is -0.350 e. The predicted octanol–water partition coefficient (Wildman–Crippen LogP) is 2.50. The maximum atomic E-state index is 14.1. The van der Waals surface area contributed by atoms with E-state index in [1.807, 2.05) is 23.7 Å². The van der Waals surface area contributed by atoms with Crippen LogP contribution in [0.3, 0.4) is 0 Å². The number of carbonyl (C=O) groups excluding carboxylic acids is 1. The molecule has 2 aliphatic heterocycles. The number of anilines is 1. The molecule has 12 heteroatoms. The van der Waals surface area contributed by atoms with E-state index in [2.05, 4.69) is 74.0 Å². The summed E-state index contributed by atoms with van der Waals surface area (Å²) in [6, 6.07) is 7.97. The highest BCUT2D eigenvalue weighted by Gasteiger charge is 2.46. The van der Waals surface area contributed by atoms with E-state index >= 15 is 0 Å². The van der Waals surface area contributed by atoms with E-state index < -0.39 is 12.5 Å². The van der Waals surface area contributed by atoms with Crippen molar-refractivity contribution in [3.8, 4) is 0 Å². The molecule has 0 N–H and O–H groups in total. The molecule has 2 amide bonds. The van der Waals surface area contributed by atoms with Crippen LogP contribution >= 0.6 is 0 Å². The van der Waals surface area contributed by atoms with Gasteiger partial charge in [0.25, 0.3) is 0 Å². The minimum atomic E-state index is -0.696. The van der Waals surface area contributed by atoms with Crippen LogP contribution in [-0.4, -0.2) is 153 Å². The van der Waals surface area contributed by atoms with Crippen molar-refractivity contribution in [2.24, 2.45) is 7.05 Å². The van der Waals surface area contributed by atoms with Gasteiger partial charge in [0.05, 0.1) is 18.2 Å². The van der Waals surface area contributed by atoms with Crippen molar-refractivity contribution >= 4 is 33.9 Å². The molecule has 236 valence electrons. The zero-order valence-corrected chi connectivity index (χ0v) is 27.2. The fraction of sp³-hybridized carbons (Fsp3) is 0.645. The number of aryl methyl sites for hydroxylation is 1. The summed E-state index contributed by atoms with van der Waals surface area (Å²) in [6.07, 6.45) is 0.682. The van der Waals surface area contributed by atoms with Crippen LogP contribution < -0.4 is 4.90 Å². The van der Waals surface area contributed by atoms with Crippen molar-refractivity contribution < 1.29 is 14.3 Å². The molecular formula is C31H49N9O3. The third kappa shape index (κ3) is 6.79. The molecule has 0 aliphatic carbocycles. The fourth-order valence-corrected chi connectivity index (χ4v) is 6.13. The smallest absolute Gasteiger partial charge is 0.329 e. The molecule has 0 radical (unpaired) electrons. The lowest BCUT2D eigenvalue weighted by molar-refractivity contribution is -0.0983. The van der Waals surface area contributed by atoms with Crippen LogP contribution in [0.2, 0.25) is 0 Å². The number of fused-ring (bicyclic) bond motifs is 6. The average molecular weight is 596 g/mol. The Kier molecular flexibility index (Phi) is 9.84. The van der Waals surface area contributed by atoms with Crippen molar-refractivity contribution in [2.75, 3.05) is 100 Å². The number of urea groups is 1. The van der Waals surface area contributed by atoms with E-state index in [1.165, 1.54) is 0 Å². The molecule has 5 rings (SSSR count). The van der Waals surface area contributed by atoms with Gasteiger partial charge in [0.15, 0.2) is 17.7 Å². The zero-order valence-electron chi connectivity index (χ0n) is 27.2. The molecule has 3 atom stereocenters. The Hall–Kier alpha value is -2.87. The van der Waals surface area contributed by atoms with Crippen LogP contribution in [0.4, 0.5) is 10.6 Å². The van der Waals surface area contributed by atoms with Crippen LogP contribution in [0, 0.1) is 0 Å². The highest BCUT2D eigenvalue weighted by atomic mass is 16.6. The molecule has 12 nitrogen and oxygen atoms in total. The molecule has 2 aliphatic rings. The molecular weight excluding hydrogens is 546 g/mol. The lowest BCUT2D eigenvalue weighted by Crippen LogP contribution is -2.56. The van der Waals surface area contributed by atoms with Gasteiger partial charge in [0.2, 0.25) is 0 Å². The molecule has 0 saturated carbocycles. The van der Waals surface area contributed by atoms with E-state index in [-0.39, 0.29) is 12.1 Å². The third-order valence-electron chi connectivity index (χ3n) is 8.41. The minimum absolute atomic E-state index is 0.198. The standard InChI is InChI=1S/C31H49N9O3/c1-34(2)15-11-17-36(5)19-22-21-42-30-27-29(33-28-26(32-27)23-13-9-10-14-24(23)38(28)7)39(8)31(41)40(30)25(43-22)20-37(6)18-12-16-35(3)4/h9-10,13-14,22,25,30H,11-12,15-21H2,1-8H3/t22-,25+,30-/m0/s1. The summed E-state index contributed by atoms with van der Waals surface area (Å²) in [4.78, 5) is 36.5. The van der Waals surface area contributed by atoms with Crippen molar-refractivity contribution in [2.45, 2.75) is 31.4 Å². The summed E-state index contributed by atoms with van der Waals surface area (Å²) in [6.45, 7) is 5.50. The molecule has 1 aromatic carbocycles. The van der Waals surface area contributed by atoms with Gasteiger partial charge in [-0.3, -0.25) is 9.80 Å². The van der Waals surface area contributed by atoms with Crippen LogP contribution in [0.5, 0.6) is 0 Å². The number of aromatic nitrogens is 3. The van der Waals surface area contributed by atoms with Crippen molar-refractivity contribution in [1.82, 2.24) is 39.0 Å². The maximum absolute atomic E-state index is 14.1. The van der Waals surface area contributed by atoms with Gasteiger partial charge in [-0.25, -0.2) is 14.8 Å². The van der Waals surface area contributed by atoms with Crippen molar-refractivity contribution in [3.63, 3.8) is 0 Å². The highest BCUT2D eigenvalue weighted by Crippen LogP contribution is 2.40. The fourth-order valence-electron chi connectivity index (χ4n) is 6.13. The molecule has 1 fully saturated rings. The quantitative estimate of drug-likeness (QED) is 0.314. The molecule has 3 aromatic rings. The number of para-hydroxylation sites is 1. The van der Waals surface area contributed by atoms with Crippen LogP contribution in [0.25, 0.3) is 22.1 Å². The third-order valence-corrected chi connectivity index (χ3v) is 8.41. The first-order valence-corrected chi connectivity index (χ1v) is 15.3. The van der Waals surface area contributed by atoms with Gasteiger partial charge >= 0.3 is 6.03 Å². The summed E-state index contributed by atoms with van der Waals surface area (Å²) in [5.74, 6) is 0.530. The van der Waals surface area contributed by atoms with Gasteiger partial charge < -0.3 is 33.6 Å². The van der Waals surface area contributed by atoms with Gasteiger partial charge in [-0.05, 0) is 87.4 Å². The number of carbonyl (C=O) groups is 1. The molecule has 1 saturated heterocycles. The monoisotopic (exact) mass is 595 g/mol. The average Bonchev–Trinajstić information content (AvgIpc) is 3.10. The van der Waals surface area contributed by atoms with Crippen LogP contribution in [0.1, 0.15) is 24.8 Å². The van der Waals surface area contributed by atoms with Crippen molar-refractivity contribution in [3.05, 3.63) is 30.0 Å². The number of nitrogens with zero attached hydrogens (tertiary/aromatic N) is 9. The Morgan fingerprint density at radius 3 is 2.21 bits per heavy atom. The van der Waals surface area contributed by atoms with Crippen LogP contribution in [0.15, 0.2) is 24.3 Å². The van der Waals surface area contributed by atoms with Crippen LogP contribution in [-0.2, 0) is 16.5 Å². The van der Waals surface area contributed by atoms with Gasteiger partial charge in [0.1, 0.15) is 17.4 Å². The number of benzene rings is 1. The number of likely N-dealkylation sites (N-methyl/N-ethyl adjacent to an activating group) is 2. The Morgan fingerprint density at radius 1 is 0.884 bits per heavy atom. The molecule has 4 heterocycles. The summed E-state index contributed by atoms with van der Waals surface area (Å²) in [5, 5.41) is 1.03. The Balaban J connectivity index is 1.47. The lowest BCUT2D eigenvalue weighted by atomic mass is 10.2. The first-order chi connectivity index (χ1) is 20.5. The highest BCUT2D eigenvalue weighted by molar-refractivity contribution is 6.05. The van der Waals surface area contributed by atoms with Gasteiger partial charge in [0, 0.05) is 32.6 Å². The number of ether oxygens (including phenoxy) is 2. The number of rotatable bonds is 12. The Labute approximate surface area is 255 Å². The lowest BCUT2D eigenvalue weighted by Gasteiger charge is -2.42. The van der Waals surface area contributed by atoms with E-state index in [1.54, 1.807) is 16.8 Å². The first-order valence-electron chi connectivity index (χ1n) is 15.3. The van der Waals surface area contributed by atoms with E-state index in [0.29, 0.717) is 31.2 Å². The molecule has 2 aromatic heterocycles. The summed E-state index contributed by atoms with van der Waals surface area (Å²) >= 11 is 0. The first kappa shape index (κ1) is 31.6. The van der Waals surface area contributed by atoms with Gasteiger partial charge in [-0.1, -0.05) is 18.2 Å². The van der Waals surface area contributed by atoms with E-state index in [9.17, 15) is 4.79 Å².